The fraction of sp³-hybridized carbons (Fsp3) is 0.364. The zero-order valence-corrected chi connectivity index (χ0v) is 10.6. The molecule has 86 valence electrons. The van der Waals surface area contributed by atoms with Gasteiger partial charge in [-0.15, -0.1) is 0 Å². The highest BCUT2D eigenvalue weighted by Crippen LogP contribution is 2.25. The van der Waals surface area contributed by atoms with Crippen LogP contribution in [0.15, 0.2) is 18.2 Å². The lowest BCUT2D eigenvalue weighted by Crippen LogP contribution is -1.97. The van der Waals surface area contributed by atoms with Crippen LogP contribution >= 0.6 is 15.9 Å². The summed E-state index contributed by atoms with van der Waals surface area (Å²) in [5.74, 6) is 0.807. The second-order valence-electron chi connectivity index (χ2n) is 3.45. The maximum atomic E-state index is 9.79. The molecule has 2 aromatic rings. The van der Waals surface area contributed by atoms with Gasteiger partial charge in [-0.25, -0.2) is 4.98 Å². The first-order valence-electron chi connectivity index (χ1n) is 5.05. The second-order valence-corrected chi connectivity index (χ2v) is 4.25. The number of methoxy groups -OCH3 is 1. The Kier molecular flexibility index (Phi) is 3.33. The van der Waals surface area contributed by atoms with Crippen LogP contribution in [0.4, 0.5) is 0 Å². The molecule has 0 spiro atoms. The van der Waals surface area contributed by atoms with Gasteiger partial charge in [-0.2, -0.15) is 0 Å². The number of aryl methyl sites for hydroxylation is 1. The predicted molar refractivity (Wildman–Crippen MR) is 66.4 cm³/mol. The van der Waals surface area contributed by atoms with Crippen molar-refractivity contribution in [2.75, 3.05) is 12.4 Å². The van der Waals surface area contributed by atoms with Gasteiger partial charge in [0.15, 0.2) is 5.88 Å². The Morgan fingerprint density at radius 3 is 3.00 bits per heavy atom. The van der Waals surface area contributed by atoms with E-state index in [2.05, 4.69) is 20.9 Å². The zero-order chi connectivity index (χ0) is 11.5. The van der Waals surface area contributed by atoms with Crippen LogP contribution in [-0.2, 0) is 6.54 Å². The van der Waals surface area contributed by atoms with Crippen molar-refractivity contribution in [3.63, 3.8) is 0 Å². The van der Waals surface area contributed by atoms with Crippen LogP contribution in [0, 0.1) is 0 Å². The SMILES string of the molecule is COc1ccc2c(cc(O)n2CCCBr)n1. The third-order valence-corrected chi connectivity index (χ3v) is 3.00. The van der Waals surface area contributed by atoms with E-state index in [-0.39, 0.29) is 5.88 Å². The normalized spacial score (nSPS) is 10.9. The first kappa shape index (κ1) is 11.3. The minimum absolute atomic E-state index is 0.247. The molecule has 0 radical (unpaired) electrons. The molecule has 5 heteroatoms. The molecule has 0 atom stereocenters. The van der Waals surface area contributed by atoms with Crippen LogP contribution in [0.25, 0.3) is 11.0 Å². The van der Waals surface area contributed by atoms with Crippen LogP contribution in [0.3, 0.4) is 0 Å². The van der Waals surface area contributed by atoms with Crippen molar-refractivity contribution in [3.8, 4) is 11.8 Å². The number of fused-ring (bicyclic) bond motifs is 1. The number of alkyl halides is 1. The van der Waals surface area contributed by atoms with E-state index in [4.69, 9.17) is 4.74 Å². The molecule has 0 fully saturated rings. The Morgan fingerprint density at radius 2 is 2.31 bits per heavy atom. The van der Waals surface area contributed by atoms with Gasteiger partial charge in [0.05, 0.1) is 18.1 Å². The third-order valence-electron chi connectivity index (χ3n) is 2.43. The van der Waals surface area contributed by atoms with Gasteiger partial charge in [0.2, 0.25) is 5.88 Å². The molecule has 0 bridgehead atoms. The number of ether oxygens (including phenoxy) is 1. The van der Waals surface area contributed by atoms with Crippen molar-refractivity contribution in [2.24, 2.45) is 0 Å². The molecule has 1 N–H and O–H groups in total. The van der Waals surface area contributed by atoms with Crippen molar-refractivity contribution in [3.05, 3.63) is 18.2 Å². The fourth-order valence-corrected chi connectivity index (χ4v) is 1.92. The minimum atomic E-state index is 0.247. The highest BCUT2D eigenvalue weighted by atomic mass is 79.9. The lowest BCUT2D eigenvalue weighted by molar-refractivity contribution is 0.399. The van der Waals surface area contributed by atoms with Crippen LogP contribution in [0.5, 0.6) is 11.8 Å². The van der Waals surface area contributed by atoms with E-state index in [1.165, 1.54) is 0 Å². The number of nitrogens with zero attached hydrogens (tertiary/aromatic N) is 2. The molecule has 4 nitrogen and oxygen atoms in total. The van der Waals surface area contributed by atoms with Crippen molar-refractivity contribution in [2.45, 2.75) is 13.0 Å². The van der Waals surface area contributed by atoms with Crippen molar-refractivity contribution < 1.29 is 9.84 Å². The van der Waals surface area contributed by atoms with E-state index < -0.39 is 0 Å². The molecule has 16 heavy (non-hydrogen) atoms. The quantitative estimate of drug-likeness (QED) is 0.878. The van der Waals surface area contributed by atoms with Gasteiger partial charge in [0.1, 0.15) is 0 Å². The molecule has 0 unspecified atom stereocenters. The fourth-order valence-electron chi connectivity index (χ4n) is 1.67. The predicted octanol–water partition coefficient (Wildman–Crippen LogP) is 2.54. The average Bonchev–Trinajstić information content (AvgIpc) is 2.61. The molecule has 0 aliphatic heterocycles. The first-order valence-corrected chi connectivity index (χ1v) is 6.17. The van der Waals surface area contributed by atoms with Crippen LogP contribution in [0.2, 0.25) is 0 Å². The summed E-state index contributed by atoms with van der Waals surface area (Å²) >= 11 is 3.38. The van der Waals surface area contributed by atoms with Gasteiger partial charge < -0.3 is 14.4 Å². The van der Waals surface area contributed by atoms with Gasteiger partial charge in [-0.3, -0.25) is 0 Å². The lowest BCUT2D eigenvalue weighted by atomic mass is 10.3. The topological polar surface area (TPSA) is 47.3 Å². The Morgan fingerprint density at radius 1 is 1.50 bits per heavy atom. The molecular weight excluding hydrogens is 272 g/mol. The number of aromatic hydroxyl groups is 1. The van der Waals surface area contributed by atoms with E-state index in [1.807, 2.05) is 10.6 Å². The Bertz CT molecular complexity index is 496. The maximum Gasteiger partial charge on any atom is 0.213 e. The van der Waals surface area contributed by atoms with E-state index in [9.17, 15) is 5.11 Å². The van der Waals surface area contributed by atoms with Crippen molar-refractivity contribution >= 4 is 27.0 Å². The summed E-state index contributed by atoms with van der Waals surface area (Å²) in [5, 5.41) is 10.7. The number of pyridine rings is 1. The Hall–Kier alpha value is -1.23. The highest BCUT2D eigenvalue weighted by Gasteiger charge is 2.09. The molecular formula is C11H13BrN2O2. The molecule has 0 aliphatic rings. The van der Waals surface area contributed by atoms with Gasteiger partial charge in [0, 0.05) is 24.0 Å². The summed E-state index contributed by atoms with van der Waals surface area (Å²) in [5.41, 5.74) is 1.69. The monoisotopic (exact) mass is 284 g/mol. The van der Waals surface area contributed by atoms with E-state index in [0.717, 1.165) is 29.3 Å². The molecule has 0 saturated carbocycles. The molecule has 2 rings (SSSR count). The summed E-state index contributed by atoms with van der Waals surface area (Å²) in [6, 6.07) is 5.37. The zero-order valence-electron chi connectivity index (χ0n) is 8.98. The number of halogens is 1. The number of aromatic nitrogens is 2. The summed E-state index contributed by atoms with van der Waals surface area (Å²) in [6.07, 6.45) is 0.962. The minimum Gasteiger partial charge on any atom is -0.494 e. The molecule has 0 aliphatic carbocycles. The highest BCUT2D eigenvalue weighted by molar-refractivity contribution is 9.09. The Labute approximate surface area is 102 Å². The van der Waals surface area contributed by atoms with Gasteiger partial charge in [-0.1, -0.05) is 15.9 Å². The van der Waals surface area contributed by atoms with E-state index in [1.54, 1.807) is 19.2 Å². The second kappa shape index (κ2) is 4.74. The standard InChI is InChI=1S/C11H13BrN2O2/c1-16-10-4-3-9-8(13-10)7-11(15)14(9)6-2-5-12/h3-4,7,15H,2,5-6H2,1H3. The van der Waals surface area contributed by atoms with Crippen molar-refractivity contribution in [1.29, 1.82) is 0 Å². The molecule has 0 amide bonds. The lowest BCUT2D eigenvalue weighted by Gasteiger charge is -2.05. The summed E-state index contributed by atoms with van der Waals surface area (Å²) < 4.78 is 6.89. The van der Waals surface area contributed by atoms with Crippen LogP contribution in [-0.4, -0.2) is 27.1 Å². The third kappa shape index (κ3) is 2.00. The number of hydrogen-bond donors (Lipinski definition) is 1. The number of hydrogen-bond acceptors (Lipinski definition) is 3. The molecule has 2 aromatic heterocycles. The molecule has 0 saturated heterocycles. The Balaban J connectivity index is 2.45. The summed E-state index contributed by atoms with van der Waals surface area (Å²) in [4.78, 5) is 4.27. The average molecular weight is 285 g/mol. The van der Waals surface area contributed by atoms with Gasteiger partial charge in [0.25, 0.3) is 0 Å². The first-order chi connectivity index (χ1) is 7.76. The summed E-state index contributed by atoms with van der Waals surface area (Å²) in [7, 11) is 1.58. The van der Waals surface area contributed by atoms with E-state index in [0.29, 0.717) is 5.88 Å². The van der Waals surface area contributed by atoms with Gasteiger partial charge in [-0.05, 0) is 12.5 Å². The maximum absolute atomic E-state index is 9.79. The number of rotatable bonds is 4. The van der Waals surface area contributed by atoms with E-state index >= 15 is 0 Å². The van der Waals surface area contributed by atoms with Gasteiger partial charge >= 0.3 is 0 Å². The molecule has 2 heterocycles. The van der Waals surface area contributed by atoms with Crippen molar-refractivity contribution in [1.82, 2.24) is 9.55 Å². The smallest absolute Gasteiger partial charge is 0.213 e. The largest absolute Gasteiger partial charge is 0.494 e. The van der Waals surface area contributed by atoms with Crippen LogP contribution < -0.4 is 4.74 Å². The van der Waals surface area contributed by atoms with Crippen LogP contribution in [0.1, 0.15) is 6.42 Å². The molecule has 0 aromatic carbocycles. The summed E-state index contributed by atoms with van der Waals surface area (Å²) in [6.45, 7) is 0.772.